The Labute approximate surface area is 143 Å². The Bertz CT molecular complexity index is 694. The van der Waals surface area contributed by atoms with Crippen LogP contribution in [0.2, 0.25) is 0 Å². The van der Waals surface area contributed by atoms with E-state index in [0.717, 1.165) is 44.1 Å². The predicted octanol–water partition coefficient (Wildman–Crippen LogP) is 2.39. The molecule has 0 bridgehead atoms. The van der Waals surface area contributed by atoms with Crippen LogP contribution in [0.5, 0.6) is 0 Å². The normalized spacial score (nSPS) is 15.3. The van der Waals surface area contributed by atoms with Gasteiger partial charge in [-0.3, -0.25) is 14.7 Å². The maximum Gasteiger partial charge on any atom is 0.257 e. The monoisotopic (exact) mass is 324 g/mol. The zero-order valence-electron chi connectivity index (χ0n) is 14.3. The molecule has 1 N–H and O–H groups in total. The number of amides is 1. The molecule has 3 rings (SSSR count). The quantitative estimate of drug-likeness (QED) is 0.938. The maximum atomic E-state index is 12.8. The third kappa shape index (κ3) is 3.74. The van der Waals surface area contributed by atoms with Gasteiger partial charge >= 0.3 is 0 Å². The average Bonchev–Trinajstić information content (AvgIpc) is 2.62. The number of aromatic nitrogens is 1. The van der Waals surface area contributed by atoms with E-state index in [2.05, 4.69) is 39.5 Å². The summed E-state index contributed by atoms with van der Waals surface area (Å²) in [5, 5.41) is 3.10. The van der Waals surface area contributed by atoms with Gasteiger partial charge in [0.25, 0.3) is 5.91 Å². The van der Waals surface area contributed by atoms with Crippen LogP contribution in [0.3, 0.4) is 0 Å². The van der Waals surface area contributed by atoms with Crippen LogP contribution < -0.4 is 5.32 Å². The third-order valence-electron chi connectivity index (χ3n) is 4.45. The van der Waals surface area contributed by atoms with Crippen LogP contribution in [0.4, 0.5) is 5.69 Å². The van der Waals surface area contributed by atoms with Gasteiger partial charge in [-0.05, 0) is 18.6 Å². The smallest absolute Gasteiger partial charge is 0.257 e. The van der Waals surface area contributed by atoms with Crippen LogP contribution in [0, 0.1) is 6.92 Å². The van der Waals surface area contributed by atoms with Crippen molar-refractivity contribution in [3.63, 3.8) is 0 Å². The summed E-state index contributed by atoms with van der Waals surface area (Å²) >= 11 is 0. The van der Waals surface area contributed by atoms with Crippen molar-refractivity contribution in [1.29, 1.82) is 0 Å². The van der Waals surface area contributed by atoms with Crippen LogP contribution in [-0.2, 0) is 6.54 Å². The van der Waals surface area contributed by atoms with E-state index in [0.29, 0.717) is 5.56 Å². The maximum absolute atomic E-state index is 12.8. The first-order chi connectivity index (χ1) is 11.7. The Morgan fingerprint density at radius 2 is 1.88 bits per heavy atom. The highest BCUT2D eigenvalue weighted by Gasteiger charge is 2.24. The van der Waals surface area contributed by atoms with Crippen LogP contribution in [0.15, 0.2) is 42.6 Å². The lowest BCUT2D eigenvalue weighted by Gasteiger charge is -2.35. The summed E-state index contributed by atoms with van der Waals surface area (Å²) < 4.78 is 0. The van der Waals surface area contributed by atoms with Crippen molar-refractivity contribution in [2.45, 2.75) is 13.5 Å². The first-order valence-corrected chi connectivity index (χ1v) is 8.37. The van der Waals surface area contributed by atoms with Crippen LogP contribution in [0.1, 0.15) is 21.6 Å². The number of anilines is 1. The number of carbonyl (C=O) groups is 1. The van der Waals surface area contributed by atoms with Crippen molar-refractivity contribution in [3.8, 4) is 0 Å². The van der Waals surface area contributed by atoms with Crippen LogP contribution >= 0.6 is 0 Å². The summed E-state index contributed by atoms with van der Waals surface area (Å²) in [6, 6.07) is 12.4. The standard InChI is InChI=1S/C19H24N4O/c1-15-12-18(20-2)17(13-21-15)19(24)23-10-8-22(9-11-23)14-16-6-4-3-5-7-16/h3-7,12-13H,8-11,14H2,1-2H3,(H,20,21). The Morgan fingerprint density at radius 1 is 1.17 bits per heavy atom. The van der Waals surface area contributed by atoms with Gasteiger partial charge in [0.2, 0.25) is 0 Å². The molecule has 5 nitrogen and oxygen atoms in total. The fourth-order valence-electron chi connectivity index (χ4n) is 3.06. The highest BCUT2D eigenvalue weighted by Crippen LogP contribution is 2.18. The van der Waals surface area contributed by atoms with E-state index in [1.54, 1.807) is 6.20 Å². The SMILES string of the molecule is CNc1cc(C)ncc1C(=O)N1CCN(Cc2ccccc2)CC1. The minimum Gasteiger partial charge on any atom is -0.387 e. The lowest BCUT2D eigenvalue weighted by atomic mass is 10.1. The molecule has 126 valence electrons. The Kier molecular flexibility index (Phi) is 5.11. The van der Waals surface area contributed by atoms with Crippen LogP contribution in [-0.4, -0.2) is 53.9 Å². The Balaban J connectivity index is 1.61. The molecule has 0 unspecified atom stereocenters. The number of hydrogen-bond donors (Lipinski definition) is 1. The van der Waals surface area contributed by atoms with E-state index in [-0.39, 0.29) is 5.91 Å². The van der Waals surface area contributed by atoms with E-state index in [9.17, 15) is 4.79 Å². The molecule has 1 amide bonds. The molecule has 2 heterocycles. The number of carbonyl (C=O) groups excluding carboxylic acids is 1. The van der Waals surface area contributed by atoms with Gasteiger partial charge in [0.1, 0.15) is 0 Å². The fraction of sp³-hybridized carbons (Fsp3) is 0.368. The molecule has 0 spiro atoms. The third-order valence-corrected chi connectivity index (χ3v) is 4.45. The number of pyridine rings is 1. The van der Waals surface area contributed by atoms with E-state index < -0.39 is 0 Å². The zero-order chi connectivity index (χ0) is 16.9. The Hall–Kier alpha value is -2.40. The lowest BCUT2D eigenvalue weighted by Crippen LogP contribution is -2.48. The fourth-order valence-corrected chi connectivity index (χ4v) is 3.06. The van der Waals surface area contributed by atoms with Crippen molar-refractivity contribution >= 4 is 11.6 Å². The highest BCUT2D eigenvalue weighted by molar-refractivity contribution is 5.99. The molecule has 0 atom stereocenters. The molecule has 0 aliphatic carbocycles. The summed E-state index contributed by atoms with van der Waals surface area (Å²) in [7, 11) is 1.84. The molecule has 1 aromatic carbocycles. The summed E-state index contributed by atoms with van der Waals surface area (Å²) in [6.45, 7) is 6.17. The molecule has 5 heteroatoms. The first kappa shape index (κ1) is 16.5. The molecule has 24 heavy (non-hydrogen) atoms. The predicted molar refractivity (Wildman–Crippen MR) is 96.1 cm³/mol. The van der Waals surface area contributed by atoms with Gasteiger partial charge in [-0.1, -0.05) is 30.3 Å². The van der Waals surface area contributed by atoms with Gasteiger partial charge in [0.15, 0.2) is 0 Å². The largest absolute Gasteiger partial charge is 0.387 e. The van der Waals surface area contributed by atoms with E-state index >= 15 is 0 Å². The van der Waals surface area contributed by atoms with Gasteiger partial charge in [0, 0.05) is 51.7 Å². The minimum absolute atomic E-state index is 0.0613. The Morgan fingerprint density at radius 3 is 2.54 bits per heavy atom. The summed E-state index contributed by atoms with van der Waals surface area (Å²) in [4.78, 5) is 21.4. The number of hydrogen-bond acceptors (Lipinski definition) is 4. The molecular weight excluding hydrogens is 300 g/mol. The molecule has 1 aliphatic heterocycles. The van der Waals surface area contributed by atoms with Gasteiger partial charge in [-0.2, -0.15) is 0 Å². The first-order valence-electron chi connectivity index (χ1n) is 8.37. The van der Waals surface area contributed by atoms with Gasteiger partial charge in [-0.15, -0.1) is 0 Å². The summed E-state index contributed by atoms with van der Waals surface area (Å²) in [6.07, 6.45) is 1.68. The van der Waals surface area contributed by atoms with Gasteiger partial charge < -0.3 is 10.2 Å². The molecule has 1 saturated heterocycles. The number of piperazine rings is 1. The van der Waals surface area contributed by atoms with Crippen molar-refractivity contribution in [3.05, 3.63) is 59.4 Å². The van der Waals surface area contributed by atoms with Crippen molar-refractivity contribution in [2.75, 3.05) is 38.5 Å². The van der Waals surface area contributed by atoms with Gasteiger partial charge in [0.05, 0.1) is 11.3 Å². The number of rotatable bonds is 4. The molecule has 1 aromatic heterocycles. The minimum atomic E-state index is 0.0613. The van der Waals surface area contributed by atoms with Crippen molar-refractivity contribution in [2.24, 2.45) is 0 Å². The van der Waals surface area contributed by atoms with Crippen molar-refractivity contribution in [1.82, 2.24) is 14.8 Å². The summed E-state index contributed by atoms with van der Waals surface area (Å²) in [5.41, 5.74) is 3.72. The summed E-state index contributed by atoms with van der Waals surface area (Å²) in [5.74, 6) is 0.0613. The number of nitrogens with one attached hydrogen (secondary N) is 1. The lowest BCUT2D eigenvalue weighted by molar-refractivity contribution is 0.0629. The van der Waals surface area contributed by atoms with E-state index in [1.807, 2.05) is 31.0 Å². The molecule has 1 fully saturated rings. The van der Waals surface area contributed by atoms with Crippen LogP contribution in [0.25, 0.3) is 0 Å². The molecule has 2 aromatic rings. The number of aryl methyl sites for hydroxylation is 1. The number of benzene rings is 1. The molecule has 1 aliphatic rings. The topological polar surface area (TPSA) is 48.5 Å². The average molecular weight is 324 g/mol. The molecule has 0 radical (unpaired) electrons. The van der Waals surface area contributed by atoms with Crippen molar-refractivity contribution < 1.29 is 4.79 Å². The zero-order valence-corrected chi connectivity index (χ0v) is 14.3. The second kappa shape index (κ2) is 7.45. The number of nitrogens with zero attached hydrogens (tertiary/aromatic N) is 3. The second-order valence-corrected chi connectivity index (χ2v) is 6.18. The van der Waals surface area contributed by atoms with E-state index in [1.165, 1.54) is 5.56 Å². The second-order valence-electron chi connectivity index (χ2n) is 6.18. The van der Waals surface area contributed by atoms with Gasteiger partial charge in [-0.25, -0.2) is 0 Å². The molecular formula is C19H24N4O. The highest BCUT2D eigenvalue weighted by atomic mass is 16.2. The van der Waals surface area contributed by atoms with E-state index in [4.69, 9.17) is 0 Å². The molecule has 0 saturated carbocycles.